The van der Waals surface area contributed by atoms with Crippen molar-refractivity contribution in [3.8, 4) is 5.75 Å². The number of hydrogen-bond donors (Lipinski definition) is 0. The Bertz CT molecular complexity index is 842. The summed E-state index contributed by atoms with van der Waals surface area (Å²) in [5, 5.41) is 0. The standard InChI is InChI=1S/C21H22N2O3S/c1-26-17-10-6-5-9-16(17)19-20(23-14-27-13-18(23)24)21(25)22(19)12-11-15-7-3-2-4-8-15/h2-10,19-20H,11-14H2,1H3/t19-,20+/m1/s1. The minimum absolute atomic E-state index is 0.0256. The van der Waals surface area contributed by atoms with Gasteiger partial charge in [-0.25, -0.2) is 0 Å². The fraction of sp³-hybridized carbons (Fsp3) is 0.333. The summed E-state index contributed by atoms with van der Waals surface area (Å²) >= 11 is 1.56. The Morgan fingerprint density at radius 3 is 2.48 bits per heavy atom. The van der Waals surface area contributed by atoms with Crippen LogP contribution in [0.1, 0.15) is 17.2 Å². The van der Waals surface area contributed by atoms with Gasteiger partial charge >= 0.3 is 0 Å². The Labute approximate surface area is 163 Å². The van der Waals surface area contributed by atoms with E-state index in [0.717, 1.165) is 17.7 Å². The van der Waals surface area contributed by atoms with E-state index in [1.54, 1.807) is 23.8 Å². The Balaban J connectivity index is 1.61. The fourth-order valence-corrected chi connectivity index (χ4v) is 4.78. The molecule has 2 heterocycles. The SMILES string of the molecule is COc1ccccc1[C@@H]1[C@H](N2CSCC2=O)C(=O)N1CCc1ccccc1. The first-order valence-corrected chi connectivity index (χ1v) is 10.2. The number of carbonyl (C=O) groups is 2. The van der Waals surface area contributed by atoms with Crippen molar-refractivity contribution >= 4 is 23.6 Å². The maximum absolute atomic E-state index is 13.0. The highest BCUT2D eigenvalue weighted by molar-refractivity contribution is 8.00. The highest BCUT2D eigenvalue weighted by Gasteiger charge is 2.53. The summed E-state index contributed by atoms with van der Waals surface area (Å²) in [5.41, 5.74) is 2.16. The number of thioether (sulfide) groups is 1. The highest BCUT2D eigenvalue weighted by atomic mass is 32.2. The van der Waals surface area contributed by atoms with Crippen LogP contribution in [0.3, 0.4) is 0 Å². The molecule has 0 radical (unpaired) electrons. The van der Waals surface area contributed by atoms with Gasteiger partial charge in [0.2, 0.25) is 11.8 Å². The molecule has 2 saturated heterocycles. The molecule has 2 aliphatic rings. The number of carbonyl (C=O) groups excluding carboxylic acids is 2. The number of hydrogen-bond acceptors (Lipinski definition) is 4. The monoisotopic (exact) mass is 382 g/mol. The van der Waals surface area contributed by atoms with Crippen LogP contribution in [0.25, 0.3) is 0 Å². The van der Waals surface area contributed by atoms with E-state index in [4.69, 9.17) is 4.74 Å². The lowest BCUT2D eigenvalue weighted by molar-refractivity contribution is -0.163. The van der Waals surface area contributed by atoms with Gasteiger partial charge in [-0.3, -0.25) is 9.59 Å². The number of methoxy groups -OCH3 is 1. The Morgan fingerprint density at radius 1 is 1.04 bits per heavy atom. The third-order valence-corrected chi connectivity index (χ3v) is 6.14. The van der Waals surface area contributed by atoms with Crippen molar-refractivity contribution in [2.24, 2.45) is 0 Å². The lowest BCUT2D eigenvalue weighted by atomic mass is 9.86. The summed E-state index contributed by atoms with van der Waals surface area (Å²) in [6.07, 6.45) is 0.785. The third kappa shape index (κ3) is 3.30. The van der Waals surface area contributed by atoms with Crippen LogP contribution in [-0.4, -0.2) is 52.9 Å². The number of nitrogens with zero attached hydrogens (tertiary/aromatic N) is 2. The van der Waals surface area contributed by atoms with Gasteiger partial charge in [0, 0.05) is 12.1 Å². The second-order valence-corrected chi connectivity index (χ2v) is 7.70. The predicted molar refractivity (Wildman–Crippen MR) is 106 cm³/mol. The normalized spacial score (nSPS) is 22.1. The summed E-state index contributed by atoms with van der Waals surface area (Å²) in [4.78, 5) is 28.9. The molecule has 6 heteroatoms. The van der Waals surface area contributed by atoms with E-state index in [1.165, 1.54) is 5.56 Å². The smallest absolute Gasteiger partial charge is 0.248 e. The average molecular weight is 382 g/mol. The van der Waals surface area contributed by atoms with Crippen molar-refractivity contribution in [2.75, 3.05) is 25.3 Å². The molecule has 0 aromatic heterocycles. The van der Waals surface area contributed by atoms with Gasteiger partial charge in [0.15, 0.2) is 0 Å². The van der Waals surface area contributed by atoms with Crippen LogP contribution in [0.4, 0.5) is 0 Å². The molecule has 2 atom stereocenters. The Hall–Kier alpha value is -2.47. The van der Waals surface area contributed by atoms with E-state index >= 15 is 0 Å². The van der Waals surface area contributed by atoms with Gasteiger partial charge in [0.05, 0.1) is 24.8 Å². The van der Waals surface area contributed by atoms with Gasteiger partial charge < -0.3 is 14.5 Å². The number of para-hydroxylation sites is 1. The molecule has 0 aliphatic carbocycles. The summed E-state index contributed by atoms with van der Waals surface area (Å²) in [5.74, 6) is 1.85. The molecule has 0 spiro atoms. The lowest BCUT2D eigenvalue weighted by Crippen LogP contribution is -2.66. The number of likely N-dealkylation sites (tertiary alicyclic amines) is 1. The summed E-state index contributed by atoms with van der Waals surface area (Å²) in [7, 11) is 1.64. The molecule has 2 fully saturated rings. The van der Waals surface area contributed by atoms with Crippen LogP contribution in [0.5, 0.6) is 5.75 Å². The zero-order valence-electron chi connectivity index (χ0n) is 15.2. The summed E-state index contributed by atoms with van der Waals surface area (Å²) < 4.78 is 5.54. The molecule has 0 saturated carbocycles. The zero-order valence-corrected chi connectivity index (χ0v) is 16.0. The van der Waals surface area contributed by atoms with Gasteiger partial charge in [0.25, 0.3) is 0 Å². The molecule has 2 aromatic carbocycles. The predicted octanol–water partition coefficient (Wildman–Crippen LogP) is 2.72. The van der Waals surface area contributed by atoms with Crippen LogP contribution in [0, 0.1) is 0 Å². The maximum Gasteiger partial charge on any atom is 0.248 e. The van der Waals surface area contributed by atoms with Crippen LogP contribution in [0.2, 0.25) is 0 Å². The first-order valence-electron chi connectivity index (χ1n) is 9.05. The van der Waals surface area contributed by atoms with E-state index in [1.807, 2.05) is 47.4 Å². The minimum Gasteiger partial charge on any atom is -0.496 e. The number of amides is 2. The summed E-state index contributed by atoms with van der Waals surface area (Å²) in [6, 6.07) is 17.3. The van der Waals surface area contributed by atoms with E-state index in [9.17, 15) is 9.59 Å². The quantitative estimate of drug-likeness (QED) is 0.721. The van der Waals surface area contributed by atoms with Crippen LogP contribution >= 0.6 is 11.8 Å². The first kappa shape index (κ1) is 17.9. The molecular weight excluding hydrogens is 360 g/mol. The third-order valence-electron chi connectivity index (χ3n) is 5.22. The molecule has 5 nitrogen and oxygen atoms in total. The number of ether oxygens (including phenoxy) is 1. The van der Waals surface area contributed by atoms with Gasteiger partial charge in [-0.05, 0) is 18.1 Å². The number of benzene rings is 2. The second kappa shape index (κ2) is 7.64. The molecule has 140 valence electrons. The number of rotatable bonds is 6. The summed E-state index contributed by atoms with van der Waals surface area (Å²) in [6.45, 7) is 0.622. The van der Waals surface area contributed by atoms with Gasteiger partial charge in [0.1, 0.15) is 11.8 Å². The van der Waals surface area contributed by atoms with Crippen LogP contribution in [-0.2, 0) is 16.0 Å². The lowest BCUT2D eigenvalue weighted by Gasteiger charge is -2.50. The van der Waals surface area contributed by atoms with Crippen LogP contribution in [0.15, 0.2) is 54.6 Å². The fourth-order valence-electron chi connectivity index (χ4n) is 3.85. The molecule has 2 amide bonds. The van der Waals surface area contributed by atoms with Crippen molar-refractivity contribution in [1.82, 2.24) is 9.80 Å². The Morgan fingerprint density at radius 2 is 1.78 bits per heavy atom. The zero-order chi connectivity index (χ0) is 18.8. The molecule has 27 heavy (non-hydrogen) atoms. The van der Waals surface area contributed by atoms with Crippen molar-refractivity contribution in [2.45, 2.75) is 18.5 Å². The van der Waals surface area contributed by atoms with Crippen LogP contribution < -0.4 is 4.74 Å². The molecule has 0 N–H and O–H groups in total. The van der Waals surface area contributed by atoms with Gasteiger partial charge in [-0.1, -0.05) is 48.5 Å². The minimum atomic E-state index is -0.431. The first-order chi connectivity index (χ1) is 13.2. The topological polar surface area (TPSA) is 49.9 Å². The largest absolute Gasteiger partial charge is 0.496 e. The highest BCUT2D eigenvalue weighted by Crippen LogP contribution is 2.43. The molecular formula is C21H22N2O3S. The van der Waals surface area contributed by atoms with Crippen molar-refractivity contribution in [3.63, 3.8) is 0 Å². The van der Waals surface area contributed by atoms with E-state index in [0.29, 0.717) is 18.2 Å². The van der Waals surface area contributed by atoms with Crippen molar-refractivity contribution in [3.05, 3.63) is 65.7 Å². The van der Waals surface area contributed by atoms with E-state index in [2.05, 4.69) is 12.1 Å². The van der Waals surface area contributed by atoms with Crippen molar-refractivity contribution in [1.29, 1.82) is 0 Å². The average Bonchev–Trinajstić information content (AvgIpc) is 3.12. The molecule has 4 rings (SSSR count). The number of β-lactam (4-membered cyclic amide) rings is 1. The molecule has 2 aromatic rings. The van der Waals surface area contributed by atoms with Crippen molar-refractivity contribution < 1.29 is 14.3 Å². The second-order valence-electron chi connectivity index (χ2n) is 6.74. The molecule has 0 bridgehead atoms. The van der Waals surface area contributed by atoms with E-state index < -0.39 is 6.04 Å². The Kier molecular flexibility index (Phi) is 5.07. The van der Waals surface area contributed by atoms with Gasteiger partial charge in [-0.2, -0.15) is 0 Å². The molecule has 0 unspecified atom stereocenters. The van der Waals surface area contributed by atoms with Gasteiger partial charge in [-0.15, -0.1) is 11.8 Å². The van der Waals surface area contributed by atoms with E-state index in [-0.39, 0.29) is 17.9 Å². The maximum atomic E-state index is 13.0. The molecule has 2 aliphatic heterocycles.